The molecule has 0 aliphatic carbocycles. The minimum atomic E-state index is -0.734. The number of carboxylic acid groups (broad SMARTS) is 2. The molecule has 4 heteroatoms. The molecule has 0 spiro atoms. The molecular weight excluding hydrogens is 340 g/mol. The van der Waals surface area contributed by atoms with Crippen LogP contribution in [0.4, 0.5) is 0 Å². The highest BCUT2D eigenvalue weighted by Crippen LogP contribution is 2.26. The molecule has 0 aliphatic rings. The van der Waals surface area contributed by atoms with Crippen LogP contribution in [0.2, 0.25) is 0 Å². The lowest BCUT2D eigenvalue weighted by Crippen LogP contribution is -2.23. The van der Waals surface area contributed by atoms with Crippen molar-refractivity contribution in [2.24, 2.45) is 10.8 Å². The van der Waals surface area contributed by atoms with Gasteiger partial charge in [0.1, 0.15) is 0 Å². The highest BCUT2D eigenvalue weighted by atomic mass is 16.4. The lowest BCUT2D eigenvalue weighted by atomic mass is 9.85. The second-order valence-corrected chi connectivity index (χ2v) is 9.06. The first-order valence-electron chi connectivity index (χ1n) is 10.0. The van der Waals surface area contributed by atoms with Gasteiger partial charge in [0, 0.05) is 0 Å². The molecule has 0 unspecified atom stereocenters. The third-order valence-electron chi connectivity index (χ3n) is 5.52. The number of rotatable bonds is 12. The number of aryl methyl sites for hydroxylation is 3. The van der Waals surface area contributed by atoms with Crippen LogP contribution in [0.1, 0.15) is 82.9 Å². The van der Waals surface area contributed by atoms with Crippen LogP contribution in [0, 0.1) is 17.8 Å². The molecule has 152 valence electrons. The Bertz CT molecular complexity index is 644. The zero-order valence-electron chi connectivity index (χ0n) is 17.6. The van der Waals surface area contributed by atoms with Crippen molar-refractivity contribution in [1.29, 1.82) is 0 Å². The number of carbonyl (C=O) groups is 2. The summed E-state index contributed by atoms with van der Waals surface area (Å²) >= 11 is 0. The van der Waals surface area contributed by atoms with Crippen molar-refractivity contribution in [3.8, 4) is 0 Å². The average Bonchev–Trinajstić information content (AvgIpc) is 2.56. The second-order valence-electron chi connectivity index (χ2n) is 9.06. The van der Waals surface area contributed by atoms with E-state index in [1.165, 1.54) is 16.7 Å². The maximum atomic E-state index is 11.2. The first kappa shape index (κ1) is 23.2. The van der Waals surface area contributed by atoms with E-state index in [-0.39, 0.29) is 0 Å². The minimum Gasteiger partial charge on any atom is -0.481 e. The standard InChI is InChI=1S/C23H36O4/c1-17-12-13-18(10-6-8-14-22(2,3)20(24)25)19(16-17)11-7-9-15-23(4,5)21(26)27/h12-13,16H,6-11,14-15H2,1-5H3,(H,24,25)(H,26,27). The Morgan fingerprint density at radius 3 is 1.67 bits per heavy atom. The molecule has 0 heterocycles. The molecule has 0 aromatic heterocycles. The Balaban J connectivity index is 2.55. The van der Waals surface area contributed by atoms with E-state index in [9.17, 15) is 19.8 Å². The summed E-state index contributed by atoms with van der Waals surface area (Å²) in [5.41, 5.74) is 2.61. The van der Waals surface area contributed by atoms with Crippen molar-refractivity contribution in [3.63, 3.8) is 0 Å². The van der Waals surface area contributed by atoms with Crippen LogP contribution >= 0.6 is 0 Å². The smallest absolute Gasteiger partial charge is 0.309 e. The van der Waals surface area contributed by atoms with Gasteiger partial charge in [0.05, 0.1) is 10.8 Å². The average molecular weight is 377 g/mol. The molecule has 0 saturated carbocycles. The molecule has 1 rings (SSSR count). The molecule has 0 saturated heterocycles. The van der Waals surface area contributed by atoms with E-state index in [1.807, 2.05) is 0 Å². The Labute approximate surface area is 164 Å². The number of hydrogen-bond donors (Lipinski definition) is 2. The summed E-state index contributed by atoms with van der Waals surface area (Å²) in [5, 5.41) is 18.4. The summed E-state index contributed by atoms with van der Waals surface area (Å²) in [5.74, 6) is -1.47. The highest BCUT2D eigenvalue weighted by Gasteiger charge is 2.26. The van der Waals surface area contributed by atoms with Gasteiger partial charge in [-0.1, -0.05) is 36.6 Å². The largest absolute Gasteiger partial charge is 0.481 e. The Kier molecular flexibility index (Phi) is 8.52. The summed E-state index contributed by atoms with van der Waals surface area (Å²) in [6.07, 6.45) is 7.08. The van der Waals surface area contributed by atoms with E-state index < -0.39 is 22.8 Å². The van der Waals surface area contributed by atoms with Crippen LogP contribution in [0.5, 0.6) is 0 Å². The zero-order chi connectivity index (χ0) is 20.7. The molecule has 0 amide bonds. The highest BCUT2D eigenvalue weighted by molar-refractivity contribution is 5.73. The zero-order valence-corrected chi connectivity index (χ0v) is 17.6. The van der Waals surface area contributed by atoms with Gasteiger partial charge in [0.25, 0.3) is 0 Å². The number of hydrogen-bond acceptors (Lipinski definition) is 2. The predicted molar refractivity (Wildman–Crippen MR) is 109 cm³/mol. The SMILES string of the molecule is Cc1ccc(CCCCC(C)(C)C(=O)O)c(CCCCC(C)(C)C(=O)O)c1. The Morgan fingerprint density at radius 1 is 0.778 bits per heavy atom. The van der Waals surface area contributed by atoms with Gasteiger partial charge in [-0.2, -0.15) is 0 Å². The quantitative estimate of drug-likeness (QED) is 0.463. The van der Waals surface area contributed by atoms with Crippen LogP contribution in [-0.2, 0) is 22.4 Å². The van der Waals surface area contributed by atoms with E-state index >= 15 is 0 Å². The molecule has 0 bridgehead atoms. The van der Waals surface area contributed by atoms with Crippen LogP contribution in [-0.4, -0.2) is 22.2 Å². The molecule has 1 aromatic carbocycles. The van der Waals surface area contributed by atoms with Gasteiger partial charge < -0.3 is 10.2 Å². The number of aliphatic carboxylic acids is 2. The van der Waals surface area contributed by atoms with Crippen LogP contribution in [0.25, 0.3) is 0 Å². The molecule has 0 atom stereocenters. The minimum absolute atomic E-state index is 0.660. The predicted octanol–water partition coefficient (Wildman–Crippen LogP) is 5.64. The first-order chi connectivity index (χ1) is 12.5. The third kappa shape index (κ3) is 7.74. The molecule has 0 aliphatic heterocycles. The van der Waals surface area contributed by atoms with Gasteiger partial charge in [-0.25, -0.2) is 0 Å². The van der Waals surface area contributed by atoms with Gasteiger partial charge in [-0.05, 0) is 84.3 Å². The molecule has 2 N–H and O–H groups in total. The van der Waals surface area contributed by atoms with Crippen molar-refractivity contribution >= 4 is 11.9 Å². The number of benzene rings is 1. The molecule has 4 nitrogen and oxygen atoms in total. The fourth-order valence-electron chi connectivity index (χ4n) is 3.21. The summed E-state index contributed by atoms with van der Waals surface area (Å²) in [6, 6.07) is 6.56. The first-order valence-corrected chi connectivity index (χ1v) is 10.0. The van der Waals surface area contributed by atoms with Gasteiger partial charge in [0.15, 0.2) is 0 Å². The van der Waals surface area contributed by atoms with Gasteiger partial charge in [-0.3, -0.25) is 9.59 Å². The lowest BCUT2D eigenvalue weighted by Gasteiger charge is -2.19. The van der Waals surface area contributed by atoms with Crippen LogP contribution in [0.3, 0.4) is 0 Å². The maximum Gasteiger partial charge on any atom is 0.309 e. The van der Waals surface area contributed by atoms with Crippen molar-refractivity contribution in [3.05, 3.63) is 34.9 Å². The lowest BCUT2D eigenvalue weighted by molar-refractivity contribution is -0.148. The van der Waals surface area contributed by atoms with Gasteiger partial charge in [0.2, 0.25) is 0 Å². The molecule has 0 radical (unpaired) electrons. The summed E-state index contributed by atoms with van der Waals surface area (Å²) < 4.78 is 0. The molecule has 27 heavy (non-hydrogen) atoms. The second kappa shape index (κ2) is 9.91. The Hall–Kier alpha value is -1.84. The normalized spacial score (nSPS) is 12.2. The third-order valence-corrected chi connectivity index (χ3v) is 5.52. The monoisotopic (exact) mass is 376 g/mol. The van der Waals surface area contributed by atoms with Crippen molar-refractivity contribution < 1.29 is 19.8 Å². The van der Waals surface area contributed by atoms with E-state index in [0.717, 1.165) is 38.5 Å². The fourth-order valence-corrected chi connectivity index (χ4v) is 3.21. The van der Waals surface area contributed by atoms with Crippen molar-refractivity contribution in [2.45, 2.75) is 86.0 Å². The van der Waals surface area contributed by atoms with E-state index in [2.05, 4.69) is 25.1 Å². The van der Waals surface area contributed by atoms with Crippen molar-refractivity contribution in [1.82, 2.24) is 0 Å². The molecule has 1 aromatic rings. The topological polar surface area (TPSA) is 74.6 Å². The van der Waals surface area contributed by atoms with Crippen LogP contribution in [0.15, 0.2) is 18.2 Å². The van der Waals surface area contributed by atoms with E-state index in [4.69, 9.17) is 0 Å². The van der Waals surface area contributed by atoms with E-state index in [1.54, 1.807) is 27.7 Å². The summed E-state index contributed by atoms with van der Waals surface area (Å²) in [4.78, 5) is 22.4. The molecular formula is C23H36O4. The van der Waals surface area contributed by atoms with Crippen LogP contribution < -0.4 is 0 Å². The van der Waals surface area contributed by atoms with Crippen molar-refractivity contribution in [2.75, 3.05) is 0 Å². The van der Waals surface area contributed by atoms with Gasteiger partial charge in [-0.15, -0.1) is 0 Å². The van der Waals surface area contributed by atoms with Gasteiger partial charge >= 0.3 is 11.9 Å². The summed E-state index contributed by atoms with van der Waals surface area (Å²) in [6.45, 7) is 9.23. The summed E-state index contributed by atoms with van der Waals surface area (Å²) in [7, 11) is 0. The maximum absolute atomic E-state index is 11.2. The molecule has 0 fully saturated rings. The van der Waals surface area contributed by atoms with E-state index in [0.29, 0.717) is 12.8 Å². The number of carboxylic acids is 2. The fraction of sp³-hybridized carbons (Fsp3) is 0.652. The Morgan fingerprint density at radius 2 is 1.22 bits per heavy atom. The number of unbranched alkanes of at least 4 members (excludes halogenated alkanes) is 2.